The average Bonchev–Trinajstić information content (AvgIpc) is 2.82. The van der Waals surface area contributed by atoms with Crippen LogP contribution in [0.4, 0.5) is 0 Å². The molecule has 112 valence electrons. The molecular formula is C15H19ClN4O. The van der Waals surface area contributed by atoms with E-state index in [0.717, 1.165) is 44.1 Å². The molecule has 6 heteroatoms. The minimum atomic E-state index is 0.0398. The van der Waals surface area contributed by atoms with Gasteiger partial charge in [-0.15, -0.1) is 0 Å². The number of aryl methyl sites for hydroxylation is 1. The van der Waals surface area contributed by atoms with E-state index in [1.54, 1.807) is 16.7 Å². The fraction of sp³-hybridized carbons (Fsp3) is 0.467. The first kappa shape index (κ1) is 14.4. The largest absolute Gasteiger partial charge is 0.335 e. The van der Waals surface area contributed by atoms with Gasteiger partial charge in [0.15, 0.2) is 0 Å². The van der Waals surface area contributed by atoms with Gasteiger partial charge in [-0.05, 0) is 25.6 Å². The van der Waals surface area contributed by atoms with Gasteiger partial charge < -0.3 is 9.80 Å². The van der Waals surface area contributed by atoms with Gasteiger partial charge >= 0.3 is 0 Å². The second kappa shape index (κ2) is 5.66. The average molecular weight is 307 g/mol. The number of amides is 1. The van der Waals surface area contributed by atoms with Gasteiger partial charge in [-0.3, -0.25) is 9.20 Å². The third kappa shape index (κ3) is 2.63. The van der Waals surface area contributed by atoms with Gasteiger partial charge in [0.1, 0.15) is 11.3 Å². The summed E-state index contributed by atoms with van der Waals surface area (Å²) >= 11 is 6.05. The summed E-state index contributed by atoms with van der Waals surface area (Å²) in [6.07, 6.45) is 1.76. The Hall–Kier alpha value is -1.59. The number of carbonyl (C=O) groups is 1. The number of pyridine rings is 1. The summed E-state index contributed by atoms with van der Waals surface area (Å²) in [6, 6.07) is 3.62. The topological polar surface area (TPSA) is 40.8 Å². The predicted molar refractivity (Wildman–Crippen MR) is 83.0 cm³/mol. The highest BCUT2D eigenvalue weighted by molar-refractivity contribution is 6.30. The molecule has 0 bridgehead atoms. The molecule has 21 heavy (non-hydrogen) atoms. The number of imidazole rings is 1. The normalized spacial score (nSPS) is 16.6. The van der Waals surface area contributed by atoms with Gasteiger partial charge in [0.25, 0.3) is 5.91 Å². The Bertz CT molecular complexity index is 674. The highest BCUT2D eigenvalue weighted by Crippen LogP contribution is 2.18. The molecule has 2 aromatic heterocycles. The van der Waals surface area contributed by atoms with Crippen LogP contribution in [0.1, 0.15) is 23.1 Å². The number of rotatable bonds is 2. The maximum atomic E-state index is 12.8. The number of nitrogens with zero attached hydrogens (tertiary/aromatic N) is 4. The molecule has 1 aliphatic heterocycles. The molecule has 0 N–H and O–H groups in total. The van der Waals surface area contributed by atoms with Crippen molar-refractivity contribution in [2.24, 2.45) is 0 Å². The standard InChI is InChI=1S/C15H19ClN4O/c1-3-18-6-8-19(9-7-18)15(21)14-11(2)17-13-5-4-12(16)10-20(13)14/h4-5,10H,3,6-9H2,1-2H3. The minimum absolute atomic E-state index is 0.0398. The van der Waals surface area contributed by atoms with Crippen molar-refractivity contribution in [3.05, 3.63) is 34.7 Å². The van der Waals surface area contributed by atoms with E-state index in [0.29, 0.717) is 10.7 Å². The number of hydrogen-bond acceptors (Lipinski definition) is 3. The molecule has 0 aliphatic carbocycles. The van der Waals surface area contributed by atoms with Gasteiger partial charge in [0.05, 0.1) is 10.7 Å². The molecule has 3 rings (SSSR count). The highest BCUT2D eigenvalue weighted by atomic mass is 35.5. The summed E-state index contributed by atoms with van der Waals surface area (Å²) in [5.74, 6) is 0.0398. The lowest BCUT2D eigenvalue weighted by Crippen LogP contribution is -2.48. The molecule has 1 fully saturated rings. The van der Waals surface area contributed by atoms with E-state index in [9.17, 15) is 4.79 Å². The predicted octanol–water partition coefficient (Wildman–Crippen LogP) is 2.07. The number of hydrogen-bond donors (Lipinski definition) is 0. The van der Waals surface area contributed by atoms with Crippen LogP contribution in [0, 0.1) is 6.92 Å². The maximum absolute atomic E-state index is 12.8. The molecule has 0 spiro atoms. The SMILES string of the molecule is CCN1CCN(C(=O)c2c(C)nc3ccc(Cl)cn23)CC1. The smallest absolute Gasteiger partial charge is 0.272 e. The Morgan fingerprint density at radius 3 is 2.67 bits per heavy atom. The zero-order chi connectivity index (χ0) is 15.0. The van der Waals surface area contributed by atoms with Gasteiger partial charge in [-0.2, -0.15) is 0 Å². The molecule has 1 aliphatic rings. The molecule has 1 amide bonds. The maximum Gasteiger partial charge on any atom is 0.272 e. The van der Waals surface area contributed by atoms with Crippen LogP contribution in [-0.4, -0.2) is 57.8 Å². The summed E-state index contributed by atoms with van der Waals surface area (Å²) in [4.78, 5) is 21.5. The Kier molecular flexibility index (Phi) is 3.87. The van der Waals surface area contributed by atoms with E-state index < -0.39 is 0 Å². The number of carbonyl (C=O) groups excluding carboxylic acids is 1. The number of likely N-dealkylation sites (N-methyl/N-ethyl adjacent to an activating group) is 1. The van der Waals surface area contributed by atoms with Crippen LogP contribution in [0.25, 0.3) is 5.65 Å². The monoisotopic (exact) mass is 306 g/mol. The fourth-order valence-corrected chi connectivity index (χ4v) is 2.97. The van der Waals surface area contributed by atoms with Crippen molar-refractivity contribution in [1.29, 1.82) is 0 Å². The Labute approximate surface area is 129 Å². The van der Waals surface area contributed by atoms with Crippen molar-refractivity contribution in [2.45, 2.75) is 13.8 Å². The molecule has 3 heterocycles. The van der Waals surface area contributed by atoms with Gasteiger partial charge in [0, 0.05) is 32.4 Å². The second-order valence-corrected chi connectivity index (χ2v) is 5.78. The van der Waals surface area contributed by atoms with Crippen LogP contribution >= 0.6 is 11.6 Å². The van der Waals surface area contributed by atoms with Crippen molar-refractivity contribution in [2.75, 3.05) is 32.7 Å². The van der Waals surface area contributed by atoms with Crippen LogP contribution in [0.2, 0.25) is 5.02 Å². The fourth-order valence-electron chi connectivity index (χ4n) is 2.81. The molecule has 1 saturated heterocycles. The minimum Gasteiger partial charge on any atom is -0.335 e. The number of piperazine rings is 1. The molecular weight excluding hydrogens is 288 g/mol. The summed E-state index contributed by atoms with van der Waals surface area (Å²) < 4.78 is 1.80. The number of fused-ring (bicyclic) bond motifs is 1. The van der Waals surface area contributed by atoms with Crippen LogP contribution in [0.5, 0.6) is 0 Å². The molecule has 5 nitrogen and oxygen atoms in total. The van der Waals surface area contributed by atoms with Gasteiger partial charge in [-0.1, -0.05) is 18.5 Å². The molecule has 0 radical (unpaired) electrons. The zero-order valence-electron chi connectivity index (χ0n) is 12.3. The highest BCUT2D eigenvalue weighted by Gasteiger charge is 2.25. The van der Waals surface area contributed by atoms with E-state index >= 15 is 0 Å². The molecule has 0 saturated carbocycles. The zero-order valence-corrected chi connectivity index (χ0v) is 13.1. The van der Waals surface area contributed by atoms with Crippen molar-refractivity contribution >= 4 is 23.2 Å². The van der Waals surface area contributed by atoms with E-state index in [4.69, 9.17) is 11.6 Å². The Morgan fingerprint density at radius 1 is 1.29 bits per heavy atom. The number of halogens is 1. The van der Waals surface area contributed by atoms with Gasteiger partial charge in [0.2, 0.25) is 0 Å². The lowest BCUT2D eigenvalue weighted by atomic mass is 10.2. The van der Waals surface area contributed by atoms with E-state index in [2.05, 4.69) is 16.8 Å². The third-order valence-corrected chi connectivity index (χ3v) is 4.29. The van der Waals surface area contributed by atoms with Crippen molar-refractivity contribution in [1.82, 2.24) is 19.2 Å². The molecule has 0 aromatic carbocycles. The van der Waals surface area contributed by atoms with Crippen molar-refractivity contribution < 1.29 is 4.79 Å². The lowest BCUT2D eigenvalue weighted by Gasteiger charge is -2.34. The van der Waals surface area contributed by atoms with Crippen LogP contribution in [0.15, 0.2) is 18.3 Å². The van der Waals surface area contributed by atoms with E-state index in [1.165, 1.54) is 0 Å². The molecule has 0 atom stereocenters. The first-order valence-electron chi connectivity index (χ1n) is 7.26. The Balaban J connectivity index is 1.91. The lowest BCUT2D eigenvalue weighted by molar-refractivity contribution is 0.0636. The van der Waals surface area contributed by atoms with E-state index in [1.807, 2.05) is 17.9 Å². The molecule has 2 aromatic rings. The summed E-state index contributed by atoms with van der Waals surface area (Å²) in [6.45, 7) is 8.44. The van der Waals surface area contributed by atoms with Crippen LogP contribution in [-0.2, 0) is 0 Å². The Morgan fingerprint density at radius 2 is 2.00 bits per heavy atom. The first-order chi connectivity index (χ1) is 10.1. The summed E-state index contributed by atoms with van der Waals surface area (Å²) in [5, 5.41) is 0.602. The first-order valence-corrected chi connectivity index (χ1v) is 7.63. The third-order valence-electron chi connectivity index (χ3n) is 4.07. The van der Waals surface area contributed by atoms with Crippen molar-refractivity contribution in [3.63, 3.8) is 0 Å². The van der Waals surface area contributed by atoms with Gasteiger partial charge in [-0.25, -0.2) is 4.98 Å². The van der Waals surface area contributed by atoms with E-state index in [-0.39, 0.29) is 5.91 Å². The second-order valence-electron chi connectivity index (χ2n) is 5.35. The molecule has 0 unspecified atom stereocenters. The summed E-state index contributed by atoms with van der Waals surface area (Å²) in [5.41, 5.74) is 2.13. The quantitative estimate of drug-likeness (QED) is 0.853. The van der Waals surface area contributed by atoms with Crippen LogP contribution in [0.3, 0.4) is 0 Å². The van der Waals surface area contributed by atoms with Crippen LogP contribution < -0.4 is 0 Å². The van der Waals surface area contributed by atoms with Crippen molar-refractivity contribution in [3.8, 4) is 0 Å². The summed E-state index contributed by atoms with van der Waals surface area (Å²) in [7, 11) is 0. The number of aromatic nitrogens is 2.